The number of nitro groups is 1. The third kappa shape index (κ3) is 2.47. The number of hydrogen-bond acceptors (Lipinski definition) is 5. The summed E-state index contributed by atoms with van der Waals surface area (Å²) in [5.41, 5.74) is -0.876. The Hall–Kier alpha value is -1.66. The Labute approximate surface area is 93.0 Å². The number of hydrogen-bond donors (Lipinski definition) is 1. The number of oxime groups is 1. The highest BCUT2D eigenvalue weighted by Gasteiger charge is 2.45. The fraction of sp³-hybridized carbons (Fsp3) is 0.778. The monoisotopic (exact) mass is 229 g/mol. The van der Waals surface area contributed by atoms with E-state index in [0.29, 0.717) is 18.6 Å². The molecule has 7 heteroatoms. The third-order valence-electron chi connectivity index (χ3n) is 2.79. The molecule has 1 aliphatic rings. The largest absolute Gasteiger partial charge is 0.433 e. The minimum Gasteiger partial charge on any atom is -0.323 e. The molecule has 16 heavy (non-hydrogen) atoms. The molecule has 1 amide bonds. The summed E-state index contributed by atoms with van der Waals surface area (Å²) in [5.74, 6) is 0. The van der Waals surface area contributed by atoms with Crippen LogP contribution in [0, 0.1) is 10.1 Å². The molecule has 1 N–H and O–H groups in total. The Balaban J connectivity index is 2.82. The molecule has 1 fully saturated rings. The predicted octanol–water partition coefficient (Wildman–Crippen LogP) is 1.31. The summed E-state index contributed by atoms with van der Waals surface area (Å²) < 4.78 is 0. The number of nitrogens with zero attached hydrogens (tertiary/aromatic N) is 2. The molecular weight excluding hydrogens is 214 g/mol. The predicted molar refractivity (Wildman–Crippen MR) is 56.8 cm³/mol. The first-order chi connectivity index (χ1) is 7.50. The molecule has 0 aliphatic heterocycles. The molecule has 90 valence electrons. The topological polar surface area (TPSA) is 93.8 Å². The Morgan fingerprint density at radius 1 is 1.62 bits per heavy atom. The molecule has 1 aliphatic carbocycles. The quantitative estimate of drug-likeness (QED) is 0.438. The van der Waals surface area contributed by atoms with Crippen molar-refractivity contribution in [2.45, 2.75) is 38.1 Å². The van der Waals surface area contributed by atoms with E-state index in [4.69, 9.17) is 0 Å². The average molecular weight is 229 g/mol. The van der Waals surface area contributed by atoms with Crippen LogP contribution in [0.3, 0.4) is 0 Å². The second-order valence-electron chi connectivity index (χ2n) is 3.90. The maximum absolute atomic E-state index is 11.0. The first kappa shape index (κ1) is 12.4. The van der Waals surface area contributed by atoms with E-state index in [1.165, 1.54) is 14.0 Å². The van der Waals surface area contributed by atoms with Gasteiger partial charge in [-0.15, -0.1) is 0 Å². The van der Waals surface area contributed by atoms with Crippen LogP contribution in [0.15, 0.2) is 5.16 Å². The molecule has 1 saturated carbocycles. The first-order valence-electron chi connectivity index (χ1n) is 5.11. The molecular formula is C9H15N3O4. The maximum Gasteiger partial charge on any atom is 0.433 e. The number of rotatable bonds is 2. The van der Waals surface area contributed by atoms with E-state index in [2.05, 4.69) is 15.3 Å². The summed E-state index contributed by atoms with van der Waals surface area (Å²) in [6, 6.07) is 0. The number of amides is 1. The van der Waals surface area contributed by atoms with Crippen LogP contribution in [0.5, 0.6) is 0 Å². The molecule has 0 bridgehead atoms. The highest BCUT2D eigenvalue weighted by atomic mass is 16.7. The highest BCUT2D eigenvalue weighted by molar-refractivity contribution is 5.92. The van der Waals surface area contributed by atoms with E-state index in [-0.39, 0.29) is 4.92 Å². The molecule has 1 rings (SSSR count). The third-order valence-corrected chi connectivity index (χ3v) is 2.79. The summed E-state index contributed by atoms with van der Waals surface area (Å²) in [4.78, 5) is 25.9. The van der Waals surface area contributed by atoms with Crippen LogP contribution in [0.2, 0.25) is 0 Å². The van der Waals surface area contributed by atoms with Crippen molar-refractivity contribution in [2.75, 3.05) is 7.05 Å². The minimum absolute atomic E-state index is 0.326. The van der Waals surface area contributed by atoms with Crippen molar-refractivity contribution in [1.82, 2.24) is 5.32 Å². The van der Waals surface area contributed by atoms with Gasteiger partial charge in [0.15, 0.2) is 0 Å². The first-order valence-corrected chi connectivity index (χ1v) is 5.11. The highest BCUT2D eigenvalue weighted by Crippen LogP contribution is 2.28. The maximum atomic E-state index is 11.0. The van der Waals surface area contributed by atoms with Gasteiger partial charge in [-0.05, 0) is 19.3 Å². The smallest absolute Gasteiger partial charge is 0.323 e. The molecule has 0 aromatic rings. The Kier molecular flexibility index (Phi) is 3.81. The molecule has 0 aromatic carbocycles. The van der Waals surface area contributed by atoms with Crippen molar-refractivity contribution < 1.29 is 14.6 Å². The van der Waals surface area contributed by atoms with Gasteiger partial charge < -0.3 is 5.32 Å². The number of carbonyl (C=O) groups excluding carboxylic acids is 1. The van der Waals surface area contributed by atoms with Crippen molar-refractivity contribution in [3.8, 4) is 0 Å². The number of carbonyl (C=O) groups is 1. The summed E-state index contributed by atoms with van der Waals surface area (Å²) in [7, 11) is 1.40. The van der Waals surface area contributed by atoms with Crippen molar-refractivity contribution in [3.05, 3.63) is 10.1 Å². The van der Waals surface area contributed by atoms with Crippen LogP contribution in [-0.4, -0.2) is 29.3 Å². The van der Waals surface area contributed by atoms with E-state index in [1.807, 2.05) is 0 Å². The van der Waals surface area contributed by atoms with Crippen molar-refractivity contribution in [3.63, 3.8) is 0 Å². The average Bonchev–Trinajstić information content (AvgIpc) is 2.27. The second kappa shape index (κ2) is 4.91. The zero-order valence-corrected chi connectivity index (χ0v) is 9.36. The molecule has 1 atom stereocenters. The van der Waals surface area contributed by atoms with Gasteiger partial charge in [0.25, 0.3) is 5.54 Å². The lowest BCUT2D eigenvalue weighted by atomic mass is 9.82. The van der Waals surface area contributed by atoms with Crippen molar-refractivity contribution in [1.29, 1.82) is 0 Å². The van der Waals surface area contributed by atoms with Crippen LogP contribution in [-0.2, 0) is 4.84 Å². The minimum atomic E-state index is -1.20. The van der Waals surface area contributed by atoms with Gasteiger partial charge in [-0.2, -0.15) is 0 Å². The summed E-state index contributed by atoms with van der Waals surface area (Å²) in [6.07, 6.45) is 1.82. The van der Waals surface area contributed by atoms with Gasteiger partial charge in [0, 0.05) is 25.3 Å². The van der Waals surface area contributed by atoms with Gasteiger partial charge in [-0.3, -0.25) is 15.0 Å². The molecule has 0 radical (unpaired) electrons. The van der Waals surface area contributed by atoms with E-state index in [0.717, 1.165) is 12.8 Å². The normalized spacial score (nSPS) is 27.5. The Bertz CT molecular complexity index is 329. The van der Waals surface area contributed by atoms with E-state index < -0.39 is 11.6 Å². The van der Waals surface area contributed by atoms with Crippen LogP contribution in [0.4, 0.5) is 4.79 Å². The molecule has 1 unspecified atom stereocenters. The van der Waals surface area contributed by atoms with Crippen molar-refractivity contribution in [2.24, 2.45) is 5.16 Å². The zero-order valence-electron chi connectivity index (χ0n) is 9.36. The second-order valence-corrected chi connectivity index (χ2v) is 3.90. The van der Waals surface area contributed by atoms with Crippen LogP contribution in [0.25, 0.3) is 0 Å². The van der Waals surface area contributed by atoms with E-state index in [1.54, 1.807) is 0 Å². The standard InChI is InChI=1S/C9H15N3O4/c1-9(12(14)15)6-4-3-5-7(9)11-16-8(13)10-2/h3-6H2,1-2H3,(H,10,13)/b11-7-. The molecule has 7 nitrogen and oxygen atoms in total. The van der Waals surface area contributed by atoms with Gasteiger partial charge in [0.2, 0.25) is 0 Å². The lowest BCUT2D eigenvalue weighted by Crippen LogP contribution is -2.45. The van der Waals surface area contributed by atoms with E-state index >= 15 is 0 Å². The molecule has 0 saturated heterocycles. The molecule has 0 heterocycles. The van der Waals surface area contributed by atoms with Crippen molar-refractivity contribution >= 4 is 11.8 Å². The van der Waals surface area contributed by atoms with Crippen LogP contribution in [0.1, 0.15) is 32.6 Å². The Morgan fingerprint density at radius 2 is 2.31 bits per heavy atom. The lowest BCUT2D eigenvalue weighted by Gasteiger charge is -2.26. The van der Waals surface area contributed by atoms with E-state index in [9.17, 15) is 14.9 Å². The lowest BCUT2D eigenvalue weighted by molar-refractivity contribution is -0.545. The van der Waals surface area contributed by atoms with Gasteiger partial charge in [0.05, 0.1) is 0 Å². The Morgan fingerprint density at radius 3 is 2.88 bits per heavy atom. The fourth-order valence-electron chi connectivity index (χ4n) is 1.66. The van der Waals surface area contributed by atoms with Gasteiger partial charge in [-0.1, -0.05) is 5.16 Å². The zero-order chi connectivity index (χ0) is 12.2. The van der Waals surface area contributed by atoms with Crippen LogP contribution >= 0.6 is 0 Å². The number of nitrogens with one attached hydrogen (secondary N) is 1. The SMILES string of the molecule is CNC(=O)O/N=C1/CCCCC1(C)[N+](=O)[O-]. The van der Waals surface area contributed by atoms with Gasteiger partial charge in [0.1, 0.15) is 5.71 Å². The van der Waals surface area contributed by atoms with Gasteiger partial charge >= 0.3 is 6.09 Å². The van der Waals surface area contributed by atoms with Crippen LogP contribution < -0.4 is 5.32 Å². The molecule has 0 aromatic heterocycles. The summed E-state index contributed by atoms with van der Waals surface area (Å²) in [6.45, 7) is 1.51. The van der Waals surface area contributed by atoms with Gasteiger partial charge in [-0.25, -0.2) is 4.79 Å². The fourth-order valence-corrected chi connectivity index (χ4v) is 1.66. The summed E-state index contributed by atoms with van der Waals surface area (Å²) >= 11 is 0. The summed E-state index contributed by atoms with van der Waals surface area (Å²) in [5, 5.41) is 16.8. The molecule has 0 spiro atoms.